The van der Waals surface area contributed by atoms with Crippen molar-refractivity contribution in [3.63, 3.8) is 0 Å². The van der Waals surface area contributed by atoms with Crippen LogP contribution < -0.4 is 5.32 Å². The van der Waals surface area contributed by atoms with Crippen LogP contribution in [0, 0.1) is 0 Å². The van der Waals surface area contributed by atoms with Gasteiger partial charge in [0.05, 0.1) is 24.1 Å². The summed E-state index contributed by atoms with van der Waals surface area (Å²) < 4.78 is 0. The van der Waals surface area contributed by atoms with E-state index in [4.69, 9.17) is 0 Å². The number of aromatic amines is 1. The molecule has 2 N–H and O–H groups in total. The Bertz CT molecular complexity index is 598. The van der Waals surface area contributed by atoms with E-state index in [1.807, 2.05) is 18.3 Å². The molecule has 0 radical (unpaired) electrons. The second-order valence-electron chi connectivity index (χ2n) is 4.54. The van der Waals surface area contributed by atoms with Crippen molar-refractivity contribution >= 4 is 11.6 Å². The van der Waals surface area contributed by atoms with E-state index in [0.717, 1.165) is 47.9 Å². The van der Waals surface area contributed by atoms with E-state index in [0.29, 0.717) is 0 Å². The maximum absolute atomic E-state index is 4.36. The van der Waals surface area contributed by atoms with Crippen molar-refractivity contribution < 1.29 is 0 Å². The van der Waals surface area contributed by atoms with Crippen LogP contribution in [0.1, 0.15) is 36.1 Å². The molecule has 0 bridgehead atoms. The fourth-order valence-corrected chi connectivity index (χ4v) is 1.97. The van der Waals surface area contributed by atoms with Crippen molar-refractivity contribution in [2.75, 3.05) is 6.54 Å². The minimum Gasteiger partial charge on any atom is -0.341 e. The Balaban J connectivity index is 2.15. The molecule has 0 saturated carbocycles. The predicted octanol–water partition coefficient (Wildman–Crippen LogP) is 3.01. The van der Waals surface area contributed by atoms with Gasteiger partial charge >= 0.3 is 0 Å². The van der Waals surface area contributed by atoms with Gasteiger partial charge in [0.1, 0.15) is 5.82 Å². The zero-order valence-electron chi connectivity index (χ0n) is 11.8. The van der Waals surface area contributed by atoms with Crippen LogP contribution in [0.5, 0.6) is 0 Å². The van der Waals surface area contributed by atoms with Gasteiger partial charge in [-0.3, -0.25) is 4.98 Å². The number of imidazole rings is 1. The summed E-state index contributed by atoms with van der Waals surface area (Å²) in [4.78, 5) is 11.9. The van der Waals surface area contributed by atoms with Crippen LogP contribution >= 0.6 is 0 Å². The van der Waals surface area contributed by atoms with Crippen molar-refractivity contribution in [3.8, 4) is 0 Å². The molecule has 0 unspecified atom stereocenters. The van der Waals surface area contributed by atoms with Gasteiger partial charge in [-0.05, 0) is 25.1 Å². The monoisotopic (exact) mass is 268 g/mol. The number of nitrogens with zero attached hydrogens (tertiary/aromatic N) is 2. The Morgan fingerprint density at radius 2 is 2.30 bits per heavy atom. The van der Waals surface area contributed by atoms with Gasteiger partial charge in [-0.2, -0.15) is 0 Å². The number of aromatic nitrogens is 3. The Kier molecular flexibility index (Phi) is 4.85. The lowest BCUT2D eigenvalue weighted by atomic mass is 10.0. The SMILES string of the molecule is C=Cc1ncccc1C(=C)c1cnc(CNCCC)[nH]1. The van der Waals surface area contributed by atoms with Crippen LogP contribution in [0.4, 0.5) is 0 Å². The molecule has 20 heavy (non-hydrogen) atoms. The van der Waals surface area contributed by atoms with Crippen LogP contribution in [-0.4, -0.2) is 21.5 Å². The van der Waals surface area contributed by atoms with Gasteiger partial charge in [-0.25, -0.2) is 4.98 Å². The Morgan fingerprint density at radius 1 is 1.45 bits per heavy atom. The first-order valence-electron chi connectivity index (χ1n) is 6.78. The normalized spacial score (nSPS) is 10.4. The molecule has 0 spiro atoms. The molecule has 4 nitrogen and oxygen atoms in total. The van der Waals surface area contributed by atoms with Gasteiger partial charge < -0.3 is 10.3 Å². The van der Waals surface area contributed by atoms with Gasteiger partial charge in [0, 0.05) is 17.3 Å². The fraction of sp³-hybridized carbons (Fsp3) is 0.250. The second kappa shape index (κ2) is 6.82. The maximum atomic E-state index is 4.36. The largest absolute Gasteiger partial charge is 0.341 e. The number of pyridine rings is 1. The quantitative estimate of drug-likeness (QED) is 0.759. The zero-order chi connectivity index (χ0) is 14.4. The lowest BCUT2D eigenvalue weighted by molar-refractivity contribution is 0.655. The number of rotatable bonds is 7. The molecule has 2 heterocycles. The predicted molar refractivity (Wildman–Crippen MR) is 83.0 cm³/mol. The molecule has 0 fully saturated rings. The average Bonchev–Trinajstić information content (AvgIpc) is 2.95. The topological polar surface area (TPSA) is 53.6 Å². The van der Waals surface area contributed by atoms with E-state index in [9.17, 15) is 0 Å². The molecule has 2 aromatic rings. The summed E-state index contributed by atoms with van der Waals surface area (Å²) in [5.74, 6) is 0.915. The fourth-order valence-electron chi connectivity index (χ4n) is 1.97. The maximum Gasteiger partial charge on any atom is 0.120 e. The Labute approximate surface area is 119 Å². The van der Waals surface area contributed by atoms with E-state index >= 15 is 0 Å². The molecular formula is C16H20N4. The standard InChI is InChI=1S/C16H20N4/c1-4-8-17-11-16-19-10-15(20-16)12(3)13-7-6-9-18-14(13)5-2/h5-7,9-10,17H,2-4,8,11H2,1H3,(H,19,20). The summed E-state index contributed by atoms with van der Waals surface area (Å²) in [6.07, 6.45) is 6.41. The van der Waals surface area contributed by atoms with E-state index in [1.165, 1.54) is 0 Å². The van der Waals surface area contributed by atoms with Crippen molar-refractivity contribution in [1.29, 1.82) is 0 Å². The van der Waals surface area contributed by atoms with Gasteiger partial charge in [-0.15, -0.1) is 0 Å². The summed E-state index contributed by atoms with van der Waals surface area (Å²) in [5.41, 5.74) is 3.59. The summed E-state index contributed by atoms with van der Waals surface area (Å²) in [6, 6.07) is 3.88. The number of nitrogens with one attached hydrogen (secondary N) is 2. The molecule has 0 saturated heterocycles. The highest BCUT2D eigenvalue weighted by molar-refractivity contribution is 5.80. The van der Waals surface area contributed by atoms with E-state index in [-0.39, 0.29) is 0 Å². The summed E-state index contributed by atoms with van der Waals surface area (Å²) >= 11 is 0. The van der Waals surface area contributed by atoms with Gasteiger partial charge in [0.25, 0.3) is 0 Å². The van der Waals surface area contributed by atoms with Crippen LogP contribution in [0.25, 0.3) is 11.6 Å². The molecule has 0 aliphatic rings. The van der Waals surface area contributed by atoms with Crippen LogP contribution in [-0.2, 0) is 6.54 Å². The minimum atomic E-state index is 0.739. The Hall–Kier alpha value is -2.20. The highest BCUT2D eigenvalue weighted by Gasteiger charge is 2.09. The lowest BCUT2D eigenvalue weighted by Crippen LogP contribution is -2.14. The lowest BCUT2D eigenvalue weighted by Gasteiger charge is -2.06. The third-order valence-electron chi connectivity index (χ3n) is 3.03. The third-order valence-corrected chi connectivity index (χ3v) is 3.03. The third kappa shape index (κ3) is 3.22. The summed E-state index contributed by atoms with van der Waals surface area (Å²) in [6.45, 7) is 11.8. The van der Waals surface area contributed by atoms with Crippen LogP contribution in [0.2, 0.25) is 0 Å². The van der Waals surface area contributed by atoms with Crippen LogP contribution in [0.3, 0.4) is 0 Å². The van der Waals surface area contributed by atoms with Crippen molar-refractivity contribution in [2.24, 2.45) is 0 Å². The van der Waals surface area contributed by atoms with E-state index in [1.54, 1.807) is 12.3 Å². The van der Waals surface area contributed by atoms with Crippen molar-refractivity contribution in [1.82, 2.24) is 20.3 Å². The molecule has 0 amide bonds. The molecule has 0 atom stereocenters. The van der Waals surface area contributed by atoms with Crippen molar-refractivity contribution in [3.05, 3.63) is 60.5 Å². The zero-order valence-corrected chi connectivity index (χ0v) is 11.8. The first kappa shape index (κ1) is 14.2. The van der Waals surface area contributed by atoms with Gasteiger partial charge in [0.2, 0.25) is 0 Å². The summed E-state index contributed by atoms with van der Waals surface area (Å²) in [5, 5.41) is 3.31. The van der Waals surface area contributed by atoms with Crippen molar-refractivity contribution in [2.45, 2.75) is 19.9 Å². The van der Waals surface area contributed by atoms with Gasteiger partial charge in [0.15, 0.2) is 0 Å². The molecule has 0 aromatic carbocycles. The van der Waals surface area contributed by atoms with E-state index in [2.05, 4.69) is 40.4 Å². The molecule has 0 aliphatic heterocycles. The number of H-pyrrole nitrogens is 1. The highest BCUT2D eigenvalue weighted by atomic mass is 15.0. The summed E-state index contributed by atoms with van der Waals surface area (Å²) in [7, 11) is 0. The second-order valence-corrected chi connectivity index (χ2v) is 4.54. The molecule has 4 heteroatoms. The minimum absolute atomic E-state index is 0.739. The Morgan fingerprint density at radius 3 is 3.05 bits per heavy atom. The highest BCUT2D eigenvalue weighted by Crippen LogP contribution is 2.22. The average molecular weight is 268 g/mol. The molecule has 2 aromatic heterocycles. The smallest absolute Gasteiger partial charge is 0.120 e. The first-order chi connectivity index (χ1) is 9.76. The number of hydrogen-bond acceptors (Lipinski definition) is 3. The number of hydrogen-bond donors (Lipinski definition) is 2. The van der Waals surface area contributed by atoms with E-state index < -0.39 is 0 Å². The van der Waals surface area contributed by atoms with Crippen LogP contribution in [0.15, 0.2) is 37.7 Å². The molecule has 2 rings (SSSR count). The molecular weight excluding hydrogens is 248 g/mol. The molecule has 104 valence electrons. The molecule has 0 aliphatic carbocycles. The van der Waals surface area contributed by atoms with Gasteiger partial charge in [-0.1, -0.05) is 26.1 Å². The first-order valence-corrected chi connectivity index (χ1v) is 6.78.